The van der Waals surface area contributed by atoms with E-state index in [1.807, 2.05) is 12.1 Å². The number of nitro groups is 1. The van der Waals surface area contributed by atoms with Crippen LogP contribution in [0.4, 0.5) is 0 Å². The van der Waals surface area contributed by atoms with Crippen LogP contribution in [0.1, 0.15) is 18.1 Å². The lowest BCUT2D eigenvalue weighted by Gasteiger charge is -2.19. The maximum Gasteiger partial charge on any atom is 0.229 e. The summed E-state index contributed by atoms with van der Waals surface area (Å²) in [6, 6.07) is 3.14. The van der Waals surface area contributed by atoms with Crippen molar-refractivity contribution in [1.29, 1.82) is 0 Å². The van der Waals surface area contributed by atoms with Crippen molar-refractivity contribution in [3.05, 3.63) is 46.4 Å². The third-order valence-electron chi connectivity index (χ3n) is 3.53. The molecule has 0 aromatic carbocycles. The van der Waals surface area contributed by atoms with Crippen LogP contribution in [0.3, 0.4) is 0 Å². The van der Waals surface area contributed by atoms with Crippen LogP contribution in [0.25, 0.3) is 0 Å². The Morgan fingerprint density at radius 3 is 2.87 bits per heavy atom. The van der Waals surface area contributed by atoms with Gasteiger partial charge in [0.1, 0.15) is 5.76 Å². The standard InChI is InChI=1S/C11H11NO3/c13-12(14)11-8-4-3-7(6-8)10(11)9-2-1-5-15-9/h1-5,7-8,10-11H,6H2/t7?,8?,10-,11+/m0/s1. The molecule has 0 radical (unpaired) electrons. The topological polar surface area (TPSA) is 56.3 Å². The first-order chi connectivity index (χ1) is 7.27. The largest absolute Gasteiger partial charge is 0.469 e. The molecule has 2 aliphatic carbocycles. The van der Waals surface area contributed by atoms with Gasteiger partial charge in [-0.1, -0.05) is 12.2 Å². The van der Waals surface area contributed by atoms with Crippen LogP contribution in [0.5, 0.6) is 0 Å². The quantitative estimate of drug-likeness (QED) is 0.422. The molecule has 0 saturated heterocycles. The van der Waals surface area contributed by atoms with Gasteiger partial charge in [-0.15, -0.1) is 0 Å². The first kappa shape index (κ1) is 8.71. The lowest BCUT2D eigenvalue weighted by molar-refractivity contribution is -0.530. The van der Waals surface area contributed by atoms with Crippen LogP contribution in [-0.2, 0) is 0 Å². The van der Waals surface area contributed by atoms with Crippen molar-refractivity contribution in [2.24, 2.45) is 11.8 Å². The fourth-order valence-corrected chi connectivity index (χ4v) is 2.94. The first-order valence-electron chi connectivity index (χ1n) is 5.12. The number of furan rings is 1. The van der Waals surface area contributed by atoms with Gasteiger partial charge in [0.15, 0.2) is 0 Å². The van der Waals surface area contributed by atoms with Gasteiger partial charge in [-0.2, -0.15) is 0 Å². The lowest BCUT2D eigenvalue weighted by atomic mass is 9.87. The Morgan fingerprint density at radius 1 is 1.40 bits per heavy atom. The van der Waals surface area contributed by atoms with E-state index in [1.54, 1.807) is 12.3 Å². The van der Waals surface area contributed by atoms with Gasteiger partial charge in [-0.05, 0) is 24.5 Å². The zero-order chi connectivity index (χ0) is 10.4. The predicted molar refractivity (Wildman–Crippen MR) is 53.0 cm³/mol. The number of hydrogen-bond acceptors (Lipinski definition) is 3. The maximum absolute atomic E-state index is 11.0. The van der Waals surface area contributed by atoms with E-state index in [-0.39, 0.29) is 22.7 Å². The normalized spacial score (nSPS) is 37.3. The van der Waals surface area contributed by atoms with Gasteiger partial charge in [0.2, 0.25) is 6.04 Å². The summed E-state index contributed by atoms with van der Waals surface area (Å²) in [6.07, 6.45) is 6.56. The molecule has 4 atom stereocenters. The molecule has 15 heavy (non-hydrogen) atoms. The summed E-state index contributed by atoms with van der Waals surface area (Å²) < 4.78 is 5.31. The third-order valence-corrected chi connectivity index (χ3v) is 3.53. The van der Waals surface area contributed by atoms with E-state index in [9.17, 15) is 10.1 Å². The molecule has 0 aliphatic heterocycles. The van der Waals surface area contributed by atoms with E-state index < -0.39 is 6.04 Å². The Labute approximate surface area is 86.7 Å². The van der Waals surface area contributed by atoms with Crippen molar-refractivity contribution in [3.63, 3.8) is 0 Å². The Morgan fingerprint density at radius 2 is 2.20 bits per heavy atom. The Balaban J connectivity index is 2.00. The minimum absolute atomic E-state index is 0.0648. The lowest BCUT2D eigenvalue weighted by Crippen LogP contribution is -2.31. The van der Waals surface area contributed by atoms with Crippen molar-refractivity contribution < 1.29 is 9.34 Å². The molecule has 78 valence electrons. The Hall–Kier alpha value is -1.58. The van der Waals surface area contributed by atoms with E-state index in [1.165, 1.54) is 0 Å². The molecule has 1 heterocycles. The second kappa shape index (κ2) is 2.95. The summed E-state index contributed by atoms with van der Waals surface area (Å²) in [7, 11) is 0. The van der Waals surface area contributed by atoms with Crippen LogP contribution in [0.15, 0.2) is 35.0 Å². The smallest absolute Gasteiger partial charge is 0.229 e. The van der Waals surface area contributed by atoms with Gasteiger partial charge in [0.05, 0.1) is 12.2 Å². The molecule has 2 aliphatic rings. The van der Waals surface area contributed by atoms with Gasteiger partial charge in [-0.25, -0.2) is 0 Å². The molecule has 0 amide bonds. The average Bonchev–Trinajstić information content (AvgIpc) is 2.92. The summed E-state index contributed by atoms with van der Waals surface area (Å²) in [5.41, 5.74) is 0. The van der Waals surface area contributed by atoms with E-state index in [4.69, 9.17) is 4.42 Å². The van der Waals surface area contributed by atoms with E-state index in [0.717, 1.165) is 12.2 Å². The van der Waals surface area contributed by atoms with Crippen LogP contribution >= 0.6 is 0 Å². The number of allylic oxidation sites excluding steroid dienone is 1. The van der Waals surface area contributed by atoms with E-state index in [2.05, 4.69) is 6.08 Å². The van der Waals surface area contributed by atoms with E-state index in [0.29, 0.717) is 0 Å². The van der Waals surface area contributed by atoms with Crippen LogP contribution in [-0.4, -0.2) is 11.0 Å². The number of rotatable bonds is 2. The molecule has 1 fully saturated rings. The highest BCUT2D eigenvalue weighted by Crippen LogP contribution is 2.50. The maximum atomic E-state index is 11.0. The minimum Gasteiger partial charge on any atom is -0.469 e. The highest BCUT2D eigenvalue weighted by molar-refractivity contribution is 5.24. The van der Waals surface area contributed by atoms with Crippen molar-refractivity contribution in [2.45, 2.75) is 18.4 Å². The molecule has 3 rings (SSSR count). The second-order valence-corrected chi connectivity index (χ2v) is 4.27. The van der Waals surface area contributed by atoms with Crippen molar-refractivity contribution in [3.8, 4) is 0 Å². The first-order valence-corrected chi connectivity index (χ1v) is 5.12. The van der Waals surface area contributed by atoms with Crippen LogP contribution in [0, 0.1) is 22.0 Å². The third kappa shape index (κ3) is 1.14. The number of nitrogens with zero attached hydrogens (tertiary/aromatic N) is 1. The van der Waals surface area contributed by atoms with E-state index >= 15 is 0 Å². The molecule has 4 heteroatoms. The zero-order valence-electron chi connectivity index (χ0n) is 8.08. The molecule has 0 N–H and O–H groups in total. The zero-order valence-corrected chi connectivity index (χ0v) is 8.08. The molecule has 0 spiro atoms. The monoisotopic (exact) mass is 205 g/mol. The molecule has 1 aromatic heterocycles. The molecular weight excluding hydrogens is 194 g/mol. The summed E-state index contributed by atoms with van der Waals surface area (Å²) in [4.78, 5) is 10.9. The van der Waals surface area contributed by atoms with Gasteiger partial charge in [0, 0.05) is 10.8 Å². The minimum atomic E-state index is -0.494. The van der Waals surface area contributed by atoms with Gasteiger partial charge in [0.25, 0.3) is 0 Å². The average molecular weight is 205 g/mol. The molecule has 2 unspecified atom stereocenters. The summed E-state index contributed by atoms with van der Waals surface area (Å²) in [6.45, 7) is 0. The fourth-order valence-electron chi connectivity index (χ4n) is 2.94. The van der Waals surface area contributed by atoms with Crippen LogP contribution < -0.4 is 0 Å². The number of fused-ring (bicyclic) bond motifs is 2. The van der Waals surface area contributed by atoms with Crippen molar-refractivity contribution in [2.75, 3.05) is 0 Å². The second-order valence-electron chi connectivity index (χ2n) is 4.27. The fraction of sp³-hybridized carbons (Fsp3) is 0.455. The Bertz CT molecular complexity index is 409. The summed E-state index contributed by atoms with van der Waals surface area (Å²) in [5, 5.41) is 11.0. The highest BCUT2D eigenvalue weighted by Gasteiger charge is 2.53. The number of hydrogen-bond donors (Lipinski definition) is 0. The Kier molecular flexibility index (Phi) is 1.71. The van der Waals surface area contributed by atoms with Crippen molar-refractivity contribution >= 4 is 0 Å². The SMILES string of the molecule is O=[N+]([O-])[C@@H]1C2C=CC(C2)[C@H]1c1ccco1. The summed E-state index contributed by atoms with van der Waals surface area (Å²) >= 11 is 0. The molecule has 1 saturated carbocycles. The van der Waals surface area contributed by atoms with Gasteiger partial charge in [-0.3, -0.25) is 10.1 Å². The molecule has 2 bridgehead atoms. The molecule has 1 aromatic rings. The highest BCUT2D eigenvalue weighted by atomic mass is 16.6. The van der Waals surface area contributed by atoms with Gasteiger partial charge >= 0.3 is 0 Å². The van der Waals surface area contributed by atoms with Crippen LogP contribution in [0.2, 0.25) is 0 Å². The predicted octanol–water partition coefficient (Wildman–Crippen LogP) is 2.21. The molecular formula is C11H11NO3. The van der Waals surface area contributed by atoms with Gasteiger partial charge < -0.3 is 4.42 Å². The summed E-state index contributed by atoms with van der Waals surface area (Å²) in [5.74, 6) is 1.08. The molecule has 4 nitrogen and oxygen atoms in total. The van der Waals surface area contributed by atoms with Crippen molar-refractivity contribution in [1.82, 2.24) is 0 Å².